The SMILES string of the molecule is CCNCC(CC)Cc1csc(C)n1. The lowest BCUT2D eigenvalue weighted by molar-refractivity contribution is 0.463. The maximum absolute atomic E-state index is 4.50. The van der Waals surface area contributed by atoms with Crippen LogP contribution in [0.5, 0.6) is 0 Å². The molecule has 0 radical (unpaired) electrons. The molecule has 1 rings (SSSR count). The maximum Gasteiger partial charge on any atom is 0.0897 e. The van der Waals surface area contributed by atoms with Crippen molar-refractivity contribution >= 4 is 11.3 Å². The summed E-state index contributed by atoms with van der Waals surface area (Å²) >= 11 is 1.75. The van der Waals surface area contributed by atoms with Crippen molar-refractivity contribution in [2.24, 2.45) is 5.92 Å². The van der Waals surface area contributed by atoms with Gasteiger partial charge in [0.15, 0.2) is 0 Å². The molecule has 1 aromatic rings. The number of nitrogens with one attached hydrogen (secondary N) is 1. The fourth-order valence-corrected chi connectivity index (χ4v) is 2.13. The molecule has 0 aliphatic rings. The Bertz CT molecular complexity index is 258. The molecule has 0 aliphatic carbocycles. The standard InChI is InChI=1S/C11H20N2S/c1-4-10(7-12-5-2)6-11-8-14-9(3)13-11/h8,10,12H,4-7H2,1-3H3. The number of hydrogen-bond donors (Lipinski definition) is 1. The van der Waals surface area contributed by atoms with E-state index in [-0.39, 0.29) is 0 Å². The van der Waals surface area contributed by atoms with Gasteiger partial charge in [-0.2, -0.15) is 0 Å². The fraction of sp³-hybridized carbons (Fsp3) is 0.727. The molecule has 1 N–H and O–H groups in total. The molecule has 3 heteroatoms. The summed E-state index contributed by atoms with van der Waals surface area (Å²) in [6, 6.07) is 0. The molecule has 0 saturated heterocycles. The van der Waals surface area contributed by atoms with E-state index < -0.39 is 0 Å². The second kappa shape index (κ2) is 6.14. The summed E-state index contributed by atoms with van der Waals surface area (Å²) in [7, 11) is 0. The number of aromatic nitrogens is 1. The summed E-state index contributed by atoms with van der Waals surface area (Å²) in [5.74, 6) is 0.733. The third-order valence-electron chi connectivity index (χ3n) is 2.42. The predicted octanol–water partition coefficient (Wildman–Crippen LogP) is 2.63. The highest BCUT2D eigenvalue weighted by molar-refractivity contribution is 7.09. The van der Waals surface area contributed by atoms with Crippen molar-refractivity contribution in [2.75, 3.05) is 13.1 Å². The van der Waals surface area contributed by atoms with Crippen LogP contribution in [-0.4, -0.2) is 18.1 Å². The van der Waals surface area contributed by atoms with Gasteiger partial charge in [-0.05, 0) is 32.4 Å². The zero-order valence-electron chi connectivity index (χ0n) is 9.34. The Labute approximate surface area is 90.8 Å². The molecule has 2 nitrogen and oxygen atoms in total. The number of thiazole rings is 1. The molecule has 0 fully saturated rings. The zero-order chi connectivity index (χ0) is 10.4. The summed E-state index contributed by atoms with van der Waals surface area (Å²) in [5.41, 5.74) is 1.26. The predicted molar refractivity (Wildman–Crippen MR) is 62.9 cm³/mol. The first-order valence-electron chi connectivity index (χ1n) is 5.38. The molecule has 0 aliphatic heterocycles. The quantitative estimate of drug-likeness (QED) is 0.784. The van der Waals surface area contributed by atoms with Gasteiger partial charge in [0, 0.05) is 5.38 Å². The molecule has 80 valence electrons. The first kappa shape index (κ1) is 11.7. The van der Waals surface area contributed by atoms with Gasteiger partial charge in [-0.25, -0.2) is 4.98 Å². The Balaban J connectivity index is 2.40. The van der Waals surface area contributed by atoms with E-state index in [9.17, 15) is 0 Å². The minimum atomic E-state index is 0.733. The van der Waals surface area contributed by atoms with E-state index in [2.05, 4.69) is 36.5 Å². The molecule has 0 bridgehead atoms. The van der Waals surface area contributed by atoms with Crippen molar-refractivity contribution in [3.63, 3.8) is 0 Å². The first-order chi connectivity index (χ1) is 6.76. The van der Waals surface area contributed by atoms with E-state index in [1.165, 1.54) is 17.1 Å². The summed E-state index contributed by atoms with van der Waals surface area (Å²) in [6.07, 6.45) is 2.34. The highest BCUT2D eigenvalue weighted by Gasteiger charge is 2.08. The van der Waals surface area contributed by atoms with Gasteiger partial charge in [-0.1, -0.05) is 20.3 Å². The van der Waals surface area contributed by atoms with Gasteiger partial charge < -0.3 is 5.32 Å². The molecule has 14 heavy (non-hydrogen) atoms. The van der Waals surface area contributed by atoms with Gasteiger partial charge in [0.1, 0.15) is 0 Å². The zero-order valence-corrected chi connectivity index (χ0v) is 10.2. The van der Waals surface area contributed by atoms with Crippen LogP contribution in [0, 0.1) is 12.8 Å². The highest BCUT2D eigenvalue weighted by atomic mass is 32.1. The number of nitrogens with zero attached hydrogens (tertiary/aromatic N) is 1. The van der Waals surface area contributed by atoms with Gasteiger partial charge in [0.05, 0.1) is 10.7 Å². The van der Waals surface area contributed by atoms with Crippen LogP contribution in [0.2, 0.25) is 0 Å². The van der Waals surface area contributed by atoms with Gasteiger partial charge in [-0.15, -0.1) is 11.3 Å². The topological polar surface area (TPSA) is 24.9 Å². The number of hydrogen-bond acceptors (Lipinski definition) is 3. The van der Waals surface area contributed by atoms with E-state index in [0.717, 1.165) is 25.4 Å². The van der Waals surface area contributed by atoms with E-state index in [1.54, 1.807) is 11.3 Å². The van der Waals surface area contributed by atoms with Crippen molar-refractivity contribution in [2.45, 2.75) is 33.6 Å². The fourth-order valence-electron chi connectivity index (χ4n) is 1.51. The Morgan fingerprint density at radius 2 is 2.29 bits per heavy atom. The second-order valence-corrected chi connectivity index (χ2v) is 4.71. The Morgan fingerprint density at radius 3 is 2.79 bits per heavy atom. The second-order valence-electron chi connectivity index (χ2n) is 3.64. The average molecular weight is 212 g/mol. The van der Waals surface area contributed by atoms with E-state index in [0.29, 0.717) is 0 Å². The van der Waals surface area contributed by atoms with E-state index in [1.807, 2.05) is 0 Å². The summed E-state index contributed by atoms with van der Waals surface area (Å²) in [5, 5.41) is 6.77. The van der Waals surface area contributed by atoms with Gasteiger partial charge in [0.25, 0.3) is 0 Å². The molecular formula is C11H20N2S. The Hall–Kier alpha value is -0.410. The summed E-state index contributed by atoms with van der Waals surface area (Å²) < 4.78 is 0. The van der Waals surface area contributed by atoms with Crippen molar-refractivity contribution in [1.29, 1.82) is 0 Å². The van der Waals surface area contributed by atoms with Crippen LogP contribution in [0.15, 0.2) is 5.38 Å². The first-order valence-corrected chi connectivity index (χ1v) is 6.25. The largest absolute Gasteiger partial charge is 0.317 e. The molecule has 1 atom stereocenters. The van der Waals surface area contributed by atoms with Crippen molar-refractivity contribution in [1.82, 2.24) is 10.3 Å². The normalized spacial score (nSPS) is 13.1. The number of rotatable bonds is 6. The van der Waals surface area contributed by atoms with Gasteiger partial charge >= 0.3 is 0 Å². The minimum absolute atomic E-state index is 0.733. The van der Waals surface area contributed by atoms with Gasteiger partial charge in [-0.3, -0.25) is 0 Å². The van der Waals surface area contributed by atoms with Crippen LogP contribution in [0.4, 0.5) is 0 Å². The lowest BCUT2D eigenvalue weighted by Crippen LogP contribution is -2.23. The van der Waals surface area contributed by atoms with Crippen LogP contribution < -0.4 is 5.32 Å². The van der Waals surface area contributed by atoms with Crippen LogP contribution in [0.3, 0.4) is 0 Å². The smallest absolute Gasteiger partial charge is 0.0897 e. The summed E-state index contributed by atoms with van der Waals surface area (Å²) in [4.78, 5) is 4.50. The van der Waals surface area contributed by atoms with Crippen molar-refractivity contribution < 1.29 is 0 Å². The maximum atomic E-state index is 4.50. The van der Waals surface area contributed by atoms with Crippen molar-refractivity contribution in [3.05, 3.63) is 16.1 Å². The van der Waals surface area contributed by atoms with Crippen LogP contribution in [-0.2, 0) is 6.42 Å². The lowest BCUT2D eigenvalue weighted by atomic mass is 10.0. The van der Waals surface area contributed by atoms with Crippen LogP contribution >= 0.6 is 11.3 Å². The molecular weight excluding hydrogens is 192 g/mol. The third kappa shape index (κ3) is 3.76. The van der Waals surface area contributed by atoms with E-state index in [4.69, 9.17) is 0 Å². The molecule has 0 spiro atoms. The molecule has 1 unspecified atom stereocenters. The molecule has 0 amide bonds. The van der Waals surface area contributed by atoms with Gasteiger partial charge in [0.2, 0.25) is 0 Å². The molecule has 1 aromatic heterocycles. The molecule has 0 aromatic carbocycles. The van der Waals surface area contributed by atoms with Crippen LogP contribution in [0.1, 0.15) is 31.0 Å². The summed E-state index contributed by atoms with van der Waals surface area (Å²) in [6.45, 7) is 8.65. The van der Waals surface area contributed by atoms with Crippen LogP contribution in [0.25, 0.3) is 0 Å². The third-order valence-corrected chi connectivity index (χ3v) is 3.25. The lowest BCUT2D eigenvalue weighted by Gasteiger charge is -2.13. The monoisotopic (exact) mass is 212 g/mol. The Kier molecular flexibility index (Phi) is 5.12. The molecule has 0 saturated carbocycles. The highest BCUT2D eigenvalue weighted by Crippen LogP contribution is 2.14. The van der Waals surface area contributed by atoms with E-state index >= 15 is 0 Å². The number of aryl methyl sites for hydroxylation is 1. The van der Waals surface area contributed by atoms with Crippen molar-refractivity contribution in [3.8, 4) is 0 Å². The average Bonchev–Trinajstić information content (AvgIpc) is 2.58. The Morgan fingerprint density at radius 1 is 1.50 bits per heavy atom. The molecule has 1 heterocycles. The minimum Gasteiger partial charge on any atom is -0.317 e.